The van der Waals surface area contributed by atoms with Gasteiger partial charge in [-0.05, 0) is 31.0 Å². The van der Waals surface area contributed by atoms with E-state index in [0.29, 0.717) is 18.7 Å². The van der Waals surface area contributed by atoms with Crippen molar-refractivity contribution in [3.8, 4) is 0 Å². The molecule has 1 saturated heterocycles. The number of hydrogen-bond acceptors (Lipinski definition) is 3. The first-order chi connectivity index (χ1) is 11.6. The highest BCUT2D eigenvalue weighted by Gasteiger charge is 2.23. The third kappa shape index (κ3) is 5.44. The van der Waals surface area contributed by atoms with Gasteiger partial charge in [0.05, 0.1) is 0 Å². The summed E-state index contributed by atoms with van der Waals surface area (Å²) in [5.74, 6) is 1.95. The second kappa shape index (κ2) is 9.57. The van der Waals surface area contributed by atoms with E-state index in [1.807, 2.05) is 40.9 Å². The molecule has 1 aromatic carbocycles. The number of nitrogens with one attached hydrogen (secondary N) is 2. The Hall–Kier alpha value is -1.69. The van der Waals surface area contributed by atoms with Crippen LogP contribution in [0.15, 0.2) is 24.3 Å². The summed E-state index contributed by atoms with van der Waals surface area (Å²) in [6.45, 7) is 6.16. The summed E-state index contributed by atoms with van der Waals surface area (Å²) in [7, 11) is 0. The Balaban J connectivity index is 1.81. The molecule has 132 valence electrons. The molecule has 1 aromatic rings. The lowest BCUT2D eigenvalue weighted by Gasteiger charge is -2.33. The van der Waals surface area contributed by atoms with Crippen molar-refractivity contribution in [3.05, 3.63) is 35.4 Å². The number of unbranched alkanes of at least 4 members (excludes halogenated alkanes) is 1. The minimum absolute atomic E-state index is 0.0100. The monoisotopic (exact) mass is 349 g/mol. The van der Waals surface area contributed by atoms with Crippen molar-refractivity contribution >= 4 is 23.7 Å². The predicted molar refractivity (Wildman–Crippen MR) is 99.4 cm³/mol. The summed E-state index contributed by atoms with van der Waals surface area (Å²) in [6.07, 6.45) is 2.05. The Bertz CT molecular complexity index is 548. The first kappa shape index (κ1) is 18.6. The highest BCUT2D eigenvalue weighted by molar-refractivity contribution is 7.99. The van der Waals surface area contributed by atoms with Gasteiger partial charge in [0.1, 0.15) is 0 Å². The minimum Gasteiger partial charge on any atom is -0.352 e. The molecule has 0 unspecified atom stereocenters. The van der Waals surface area contributed by atoms with Gasteiger partial charge in [0.25, 0.3) is 5.91 Å². The first-order valence-electron chi connectivity index (χ1n) is 8.61. The molecule has 3 amide bonds. The van der Waals surface area contributed by atoms with Gasteiger partial charge in [-0.1, -0.05) is 25.5 Å². The van der Waals surface area contributed by atoms with Crippen LogP contribution in [0.2, 0.25) is 0 Å². The summed E-state index contributed by atoms with van der Waals surface area (Å²) < 4.78 is 0. The van der Waals surface area contributed by atoms with E-state index in [9.17, 15) is 9.59 Å². The zero-order chi connectivity index (χ0) is 17.4. The molecule has 1 fully saturated rings. The van der Waals surface area contributed by atoms with Crippen LogP contribution in [0.5, 0.6) is 0 Å². The molecule has 0 radical (unpaired) electrons. The van der Waals surface area contributed by atoms with E-state index in [-0.39, 0.29) is 18.0 Å². The lowest BCUT2D eigenvalue weighted by atomic mass is 10.1. The van der Waals surface area contributed by atoms with Gasteiger partial charge in [0.15, 0.2) is 0 Å². The van der Waals surface area contributed by atoms with E-state index in [2.05, 4.69) is 24.5 Å². The molecule has 0 aromatic heterocycles. The van der Waals surface area contributed by atoms with Crippen LogP contribution in [-0.4, -0.2) is 47.5 Å². The van der Waals surface area contributed by atoms with E-state index in [1.54, 1.807) is 0 Å². The number of urea groups is 1. The van der Waals surface area contributed by atoms with Crippen LogP contribution in [0.25, 0.3) is 0 Å². The number of thioether (sulfide) groups is 1. The minimum atomic E-state index is -0.0429. The standard InChI is InChI=1S/C18H27N3O2S/c1-3-4-9-19-17(22)16-7-5-15(6-8-16)12-20-18(23)21-10-11-24-13-14(21)2/h5-8,14H,3-4,9-13H2,1-2H3,(H,19,22)(H,20,23)/t14-/m0/s1. The SMILES string of the molecule is CCCCNC(=O)c1ccc(CNC(=O)N2CCSC[C@@H]2C)cc1. The van der Waals surface area contributed by atoms with Crippen LogP contribution in [-0.2, 0) is 6.54 Å². The Morgan fingerprint density at radius 2 is 2.00 bits per heavy atom. The zero-order valence-electron chi connectivity index (χ0n) is 14.5. The van der Waals surface area contributed by atoms with Crippen LogP contribution in [0, 0.1) is 0 Å². The lowest BCUT2D eigenvalue weighted by molar-refractivity contribution is 0.0953. The van der Waals surface area contributed by atoms with E-state index in [1.165, 1.54) is 0 Å². The third-order valence-corrected chi connectivity index (χ3v) is 5.29. The molecule has 1 aliphatic rings. The molecule has 0 spiro atoms. The van der Waals surface area contributed by atoms with Crippen LogP contribution < -0.4 is 10.6 Å². The molecule has 1 aliphatic heterocycles. The normalized spacial score (nSPS) is 17.4. The number of rotatable bonds is 6. The molecule has 24 heavy (non-hydrogen) atoms. The second-order valence-corrected chi connectivity index (χ2v) is 7.23. The Morgan fingerprint density at radius 1 is 1.25 bits per heavy atom. The molecule has 0 bridgehead atoms. The number of benzene rings is 1. The fourth-order valence-corrected chi connectivity index (χ4v) is 3.58. The maximum atomic E-state index is 12.2. The molecule has 1 heterocycles. The van der Waals surface area contributed by atoms with Crippen molar-refractivity contribution in [2.75, 3.05) is 24.6 Å². The van der Waals surface area contributed by atoms with Crippen LogP contribution in [0.4, 0.5) is 4.79 Å². The maximum absolute atomic E-state index is 12.2. The molecule has 5 nitrogen and oxygen atoms in total. The molecule has 0 aliphatic carbocycles. The highest BCUT2D eigenvalue weighted by Crippen LogP contribution is 2.16. The Kier molecular flexibility index (Phi) is 7.43. The molecule has 2 N–H and O–H groups in total. The van der Waals surface area contributed by atoms with Gasteiger partial charge >= 0.3 is 6.03 Å². The number of hydrogen-bond donors (Lipinski definition) is 2. The van der Waals surface area contributed by atoms with Crippen molar-refractivity contribution < 1.29 is 9.59 Å². The van der Waals surface area contributed by atoms with Crippen molar-refractivity contribution in [3.63, 3.8) is 0 Å². The Morgan fingerprint density at radius 3 is 2.67 bits per heavy atom. The Labute approximate surface area is 148 Å². The molecular formula is C18H27N3O2S. The fourth-order valence-electron chi connectivity index (χ4n) is 2.56. The van der Waals surface area contributed by atoms with Crippen molar-refractivity contribution in [2.24, 2.45) is 0 Å². The zero-order valence-corrected chi connectivity index (χ0v) is 15.3. The number of carbonyl (C=O) groups is 2. The number of amides is 3. The van der Waals surface area contributed by atoms with Gasteiger partial charge in [0.2, 0.25) is 0 Å². The van der Waals surface area contributed by atoms with Crippen LogP contribution >= 0.6 is 11.8 Å². The largest absolute Gasteiger partial charge is 0.352 e. The molecular weight excluding hydrogens is 322 g/mol. The fraction of sp³-hybridized carbons (Fsp3) is 0.556. The maximum Gasteiger partial charge on any atom is 0.317 e. The highest BCUT2D eigenvalue weighted by atomic mass is 32.2. The van der Waals surface area contributed by atoms with Gasteiger partial charge in [-0.2, -0.15) is 11.8 Å². The lowest BCUT2D eigenvalue weighted by Crippen LogP contribution is -2.49. The average molecular weight is 350 g/mol. The molecule has 1 atom stereocenters. The van der Waals surface area contributed by atoms with Gasteiger partial charge in [-0.15, -0.1) is 0 Å². The van der Waals surface area contributed by atoms with E-state index in [0.717, 1.165) is 36.5 Å². The molecule has 0 saturated carbocycles. The molecule has 2 rings (SSSR count). The third-order valence-electron chi connectivity index (χ3n) is 4.10. The van der Waals surface area contributed by atoms with Gasteiger partial charge in [-0.25, -0.2) is 4.79 Å². The van der Waals surface area contributed by atoms with E-state index in [4.69, 9.17) is 0 Å². The van der Waals surface area contributed by atoms with Crippen LogP contribution in [0.3, 0.4) is 0 Å². The van der Waals surface area contributed by atoms with E-state index >= 15 is 0 Å². The average Bonchev–Trinajstić information content (AvgIpc) is 2.60. The van der Waals surface area contributed by atoms with Crippen molar-refractivity contribution in [2.45, 2.75) is 39.3 Å². The topological polar surface area (TPSA) is 61.4 Å². The van der Waals surface area contributed by atoms with Gasteiger partial charge in [-0.3, -0.25) is 4.79 Å². The summed E-state index contributed by atoms with van der Waals surface area (Å²) >= 11 is 1.89. The number of carbonyl (C=O) groups excluding carboxylic acids is 2. The van der Waals surface area contributed by atoms with Gasteiger partial charge < -0.3 is 15.5 Å². The quantitative estimate of drug-likeness (QED) is 0.776. The van der Waals surface area contributed by atoms with Crippen LogP contribution in [0.1, 0.15) is 42.6 Å². The first-order valence-corrected chi connectivity index (χ1v) is 9.76. The summed E-state index contributed by atoms with van der Waals surface area (Å²) in [5.41, 5.74) is 1.65. The summed E-state index contributed by atoms with van der Waals surface area (Å²) in [6, 6.07) is 7.67. The summed E-state index contributed by atoms with van der Waals surface area (Å²) in [4.78, 5) is 26.1. The number of nitrogens with zero attached hydrogens (tertiary/aromatic N) is 1. The predicted octanol–water partition coefficient (Wildman–Crippen LogP) is 2.86. The van der Waals surface area contributed by atoms with Gasteiger partial charge in [0, 0.05) is 42.7 Å². The van der Waals surface area contributed by atoms with Crippen molar-refractivity contribution in [1.29, 1.82) is 0 Å². The van der Waals surface area contributed by atoms with Crippen molar-refractivity contribution in [1.82, 2.24) is 15.5 Å². The van der Waals surface area contributed by atoms with E-state index < -0.39 is 0 Å². The smallest absolute Gasteiger partial charge is 0.317 e. The molecule has 6 heteroatoms. The summed E-state index contributed by atoms with van der Waals surface area (Å²) in [5, 5.41) is 5.87. The second-order valence-electron chi connectivity index (χ2n) is 6.08.